The van der Waals surface area contributed by atoms with Crippen molar-refractivity contribution in [1.29, 1.82) is 0 Å². The van der Waals surface area contributed by atoms with E-state index in [4.69, 9.17) is 0 Å². The van der Waals surface area contributed by atoms with Crippen LogP contribution in [-0.2, 0) is 17.8 Å². The van der Waals surface area contributed by atoms with Gasteiger partial charge in [0, 0.05) is 12.1 Å². The molecule has 0 atom stereocenters. The van der Waals surface area contributed by atoms with Crippen molar-refractivity contribution >= 4 is 5.91 Å². The molecule has 0 heterocycles. The van der Waals surface area contributed by atoms with Gasteiger partial charge in [-0.05, 0) is 36.6 Å². The summed E-state index contributed by atoms with van der Waals surface area (Å²) in [5, 5.41) is 2.74. The zero-order valence-electron chi connectivity index (χ0n) is 11.7. The first kappa shape index (κ1) is 14.3. The zero-order chi connectivity index (χ0) is 14.5. The molecule has 0 spiro atoms. The molecule has 0 aliphatic rings. The minimum absolute atomic E-state index is 0.100. The fourth-order valence-electron chi connectivity index (χ4n) is 2.00. The molecule has 0 bridgehead atoms. The molecule has 3 heteroatoms. The van der Waals surface area contributed by atoms with Crippen molar-refractivity contribution in [1.82, 2.24) is 5.32 Å². The summed E-state index contributed by atoms with van der Waals surface area (Å²) in [6.07, 6.45) is 0.315. The average Bonchev–Trinajstić information content (AvgIpc) is 2.42. The minimum atomic E-state index is -0.293. The highest BCUT2D eigenvalue weighted by Gasteiger charge is 2.06. The summed E-state index contributed by atoms with van der Waals surface area (Å²) < 4.78 is 13.4. The van der Waals surface area contributed by atoms with Gasteiger partial charge in [-0.25, -0.2) is 4.39 Å². The van der Waals surface area contributed by atoms with Crippen molar-refractivity contribution in [2.24, 2.45) is 0 Å². The lowest BCUT2D eigenvalue weighted by Crippen LogP contribution is -2.25. The van der Waals surface area contributed by atoms with Crippen LogP contribution in [0.15, 0.2) is 42.5 Å². The van der Waals surface area contributed by atoms with Crippen LogP contribution in [0.4, 0.5) is 4.39 Å². The van der Waals surface area contributed by atoms with Crippen LogP contribution < -0.4 is 5.32 Å². The highest BCUT2D eigenvalue weighted by molar-refractivity contribution is 5.78. The Hall–Kier alpha value is -2.16. The Kier molecular flexibility index (Phi) is 4.51. The molecule has 0 unspecified atom stereocenters. The van der Waals surface area contributed by atoms with Crippen LogP contribution in [0.3, 0.4) is 0 Å². The maximum atomic E-state index is 13.4. The van der Waals surface area contributed by atoms with E-state index in [0.29, 0.717) is 12.0 Å². The normalized spacial score (nSPS) is 10.3. The van der Waals surface area contributed by atoms with E-state index < -0.39 is 0 Å². The number of carbonyl (C=O) groups excluding carboxylic acids is 1. The van der Waals surface area contributed by atoms with Gasteiger partial charge < -0.3 is 5.32 Å². The van der Waals surface area contributed by atoms with Gasteiger partial charge in [0.1, 0.15) is 5.82 Å². The van der Waals surface area contributed by atoms with Gasteiger partial charge in [-0.1, -0.05) is 36.4 Å². The van der Waals surface area contributed by atoms with E-state index >= 15 is 0 Å². The summed E-state index contributed by atoms with van der Waals surface area (Å²) in [4.78, 5) is 11.9. The molecule has 0 fully saturated rings. The van der Waals surface area contributed by atoms with Gasteiger partial charge in [0.05, 0.1) is 6.42 Å². The predicted molar refractivity (Wildman–Crippen MR) is 77.9 cm³/mol. The van der Waals surface area contributed by atoms with Crippen LogP contribution in [0, 0.1) is 19.7 Å². The molecule has 1 amide bonds. The number of rotatable bonds is 4. The molecular weight excluding hydrogens is 253 g/mol. The number of benzene rings is 2. The molecule has 0 radical (unpaired) electrons. The zero-order valence-corrected chi connectivity index (χ0v) is 11.7. The van der Waals surface area contributed by atoms with Crippen LogP contribution >= 0.6 is 0 Å². The topological polar surface area (TPSA) is 29.1 Å². The summed E-state index contributed by atoms with van der Waals surface area (Å²) in [6, 6.07) is 12.4. The number of carbonyl (C=O) groups is 1. The van der Waals surface area contributed by atoms with Gasteiger partial charge in [-0.15, -0.1) is 0 Å². The van der Waals surface area contributed by atoms with Crippen molar-refractivity contribution in [3.8, 4) is 0 Å². The number of nitrogens with one attached hydrogen (secondary N) is 1. The molecule has 2 nitrogen and oxygen atoms in total. The first-order chi connectivity index (χ1) is 9.56. The average molecular weight is 271 g/mol. The maximum Gasteiger partial charge on any atom is 0.224 e. The second-order valence-electron chi connectivity index (χ2n) is 4.96. The predicted octanol–water partition coefficient (Wildman–Crippen LogP) is 3.30. The van der Waals surface area contributed by atoms with E-state index in [9.17, 15) is 9.18 Å². The maximum absolute atomic E-state index is 13.4. The Balaban J connectivity index is 1.93. The second-order valence-corrected chi connectivity index (χ2v) is 4.96. The highest BCUT2D eigenvalue weighted by Crippen LogP contribution is 2.10. The van der Waals surface area contributed by atoms with E-state index in [-0.39, 0.29) is 18.3 Å². The molecule has 0 saturated heterocycles. The van der Waals surface area contributed by atoms with E-state index in [1.165, 1.54) is 17.2 Å². The van der Waals surface area contributed by atoms with Crippen LogP contribution in [0.1, 0.15) is 22.3 Å². The Morgan fingerprint density at radius 1 is 1.10 bits per heavy atom. The summed E-state index contributed by atoms with van der Waals surface area (Å²) >= 11 is 0. The first-order valence-electron chi connectivity index (χ1n) is 6.62. The lowest BCUT2D eigenvalue weighted by atomic mass is 10.0. The lowest BCUT2D eigenvalue weighted by Gasteiger charge is -2.08. The molecule has 2 aromatic rings. The fraction of sp³-hybridized carbons (Fsp3) is 0.235. The molecule has 2 rings (SSSR count). The lowest BCUT2D eigenvalue weighted by molar-refractivity contribution is -0.120. The molecule has 104 valence electrons. The van der Waals surface area contributed by atoms with Crippen LogP contribution in [0.2, 0.25) is 0 Å². The Morgan fingerprint density at radius 3 is 2.55 bits per heavy atom. The Labute approximate surface area is 118 Å². The summed E-state index contributed by atoms with van der Waals surface area (Å²) in [5.41, 5.74) is 3.85. The molecule has 20 heavy (non-hydrogen) atoms. The third-order valence-corrected chi connectivity index (χ3v) is 3.37. The molecule has 0 saturated carbocycles. The summed E-state index contributed by atoms with van der Waals surface area (Å²) in [6.45, 7) is 4.28. The molecule has 0 aliphatic heterocycles. The Bertz CT molecular complexity index is 622. The number of hydrogen-bond donors (Lipinski definition) is 1. The number of amides is 1. The SMILES string of the molecule is Cc1ccc(CC(=O)NCc2ccccc2F)cc1C. The molecule has 2 aromatic carbocycles. The molecule has 0 aromatic heterocycles. The van der Waals surface area contributed by atoms with Crippen molar-refractivity contribution < 1.29 is 9.18 Å². The third-order valence-electron chi connectivity index (χ3n) is 3.37. The van der Waals surface area contributed by atoms with Crippen LogP contribution in [-0.4, -0.2) is 5.91 Å². The Morgan fingerprint density at radius 2 is 1.85 bits per heavy atom. The summed E-state index contributed by atoms with van der Waals surface area (Å²) in [7, 11) is 0. The van der Waals surface area contributed by atoms with Crippen molar-refractivity contribution in [2.45, 2.75) is 26.8 Å². The van der Waals surface area contributed by atoms with Gasteiger partial charge in [-0.3, -0.25) is 4.79 Å². The number of aryl methyl sites for hydroxylation is 2. The van der Waals surface area contributed by atoms with Gasteiger partial charge in [0.2, 0.25) is 5.91 Å². The van der Waals surface area contributed by atoms with E-state index in [1.807, 2.05) is 32.0 Å². The molecular formula is C17H18FNO. The van der Waals surface area contributed by atoms with Crippen molar-refractivity contribution in [2.75, 3.05) is 0 Å². The van der Waals surface area contributed by atoms with Gasteiger partial charge in [-0.2, -0.15) is 0 Å². The number of hydrogen-bond acceptors (Lipinski definition) is 1. The van der Waals surface area contributed by atoms with Gasteiger partial charge in [0.15, 0.2) is 0 Å². The molecule has 1 N–H and O–H groups in total. The van der Waals surface area contributed by atoms with Crippen molar-refractivity contribution in [3.05, 3.63) is 70.5 Å². The fourth-order valence-corrected chi connectivity index (χ4v) is 2.00. The third kappa shape index (κ3) is 3.67. The van der Waals surface area contributed by atoms with Gasteiger partial charge in [0.25, 0.3) is 0 Å². The van der Waals surface area contributed by atoms with Crippen LogP contribution in [0.5, 0.6) is 0 Å². The number of halogens is 1. The van der Waals surface area contributed by atoms with Gasteiger partial charge >= 0.3 is 0 Å². The molecule has 0 aliphatic carbocycles. The minimum Gasteiger partial charge on any atom is -0.352 e. The van der Waals surface area contributed by atoms with E-state index in [0.717, 1.165) is 5.56 Å². The van der Waals surface area contributed by atoms with Crippen LogP contribution in [0.25, 0.3) is 0 Å². The summed E-state index contributed by atoms with van der Waals surface area (Å²) in [5.74, 6) is -0.393. The van der Waals surface area contributed by atoms with Crippen molar-refractivity contribution in [3.63, 3.8) is 0 Å². The van der Waals surface area contributed by atoms with E-state index in [2.05, 4.69) is 5.32 Å². The second kappa shape index (κ2) is 6.33. The highest BCUT2D eigenvalue weighted by atomic mass is 19.1. The van der Waals surface area contributed by atoms with E-state index in [1.54, 1.807) is 18.2 Å². The quantitative estimate of drug-likeness (QED) is 0.908. The standard InChI is InChI=1S/C17H18FNO/c1-12-7-8-14(9-13(12)2)10-17(20)19-11-15-5-3-4-6-16(15)18/h3-9H,10-11H2,1-2H3,(H,19,20). The monoisotopic (exact) mass is 271 g/mol. The first-order valence-corrected chi connectivity index (χ1v) is 6.62. The smallest absolute Gasteiger partial charge is 0.224 e. The largest absolute Gasteiger partial charge is 0.352 e.